The van der Waals surface area contributed by atoms with Crippen LogP contribution in [0.25, 0.3) is 0 Å². The number of hydrogen-bond acceptors (Lipinski definition) is 1. The van der Waals surface area contributed by atoms with Crippen LogP contribution in [0.15, 0.2) is 12.3 Å². The second-order valence-electron chi connectivity index (χ2n) is 7.33. The average molecular weight is 342 g/mol. The lowest BCUT2D eigenvalue weighted by Crippen LogP contribution is -2.22. The summed E-state index contributed by atoms with van der Waals surface area (Å²) in [5.41, 5.74) is 0.282. The van der Waals surface area contributed by atoms with Crippen molar-refractivity contribution in [2.45, 2.75) is 85.1 Å². The summed E-state index contributed by atoms with van der Waals surface area (Å²) in [5, 5.41) is 9.58. The maximum Gasteiger partial charge on any atom is 0.354 e. The molecule has 0 aliphatic carbocycles. The minimum atomic E-state index is -0.956. The number of aromatic nitrogens is 1. The Labute approximate surface area is 146 Å². The maximum absolute atomic E-state index is 11.3. The van der Waals surface area contributed by atoms with E-state index >= 15 is 0 Å². The van der Waals surface area contributed by atoms with Gasteiger partial charge in [0.25, 0.3) is 0 Å². The fourth-order valence-corrected chi connectivity index (χ4v) is 3.33. The molecular formula is C19H32ClNO2. The minimum absolute atomic E-state index is 0.0781. The number of halogens is 1. The number of aromatic carboxylic acids is 1. The Hall–Kier alpha value is -0.960. The number of unbranched alkanes of at least 4 members (excludes halogenated alkanes) is 7. The van der Waals surface area contributed by atoms with Gasteiger partial charge in [0.1, 0.15) is 5.69 Å². The third-order valence-corrected chi connectivity index (χ3v) is 4.73. The van der Waals surface area contributed by atoms with Crippen molar-refractivity contribution < 1.29 is 9.90 Å². The molecule has 0 amide bonds. The Morgan fingerprint density at radius 2 is 1.70 bits per heavy atom. The quantitative estimate of drug-likeness (QED) is 0.447. The van der Waals surface area contributed by atoms with E-state index < -0.39 is 5.97 Å². The van der Waals surface area contributed by atoms with Crippen molar-refractivity contribution in [2.75, 3.05) is 0 Å². The molecule has 132 valence electrons. The van der Waals surface area contributed by atoms with Crippen LogP contribution >= 0.6 is 11.6 Å². The standard InChI is InChI=1S/C19H32ClNO2/c1-4-5-6-7-8-9-10-11-13-19(2,3)15-21-14-12-16(20)17(21)18(22)23/h12,14H,4-11,13,15H2,1-3H3,(H,22,23). The lowest BCUT2D eigenvalue weighted by atomic mass is 9.86. The summed E-state index contributed by atoms with van der Waals surface area (Å²) in [6.07, 6.45) is 13.4. The number of carboxylic acids is 1. The number of nitrogens with zero attached hydrogens (tertiary/aromatic N) is 1. The van der Waals surface area contributed by atoms with Gasteiger partial charge in [-0.2, -0.15) is 0 Å². The number of rotatable bonds is 12. The van der Waals surface area contributed by atoms with Crippen LogP contribution in [0.4, 0.5) is 0 Å². The Balaban J connectivity index is 2.32. The lowest BCUT2D eigenvalue weighted by molar-refractivity contribution is 0.0682. The zero-order valence-corrected chi connectivity index (χ0v) is 15.7. The summed E-state index contributed by atoms with van der Waals surface area (Å²) >= 11 is 5.96. The van der Waals surface area contributed by atoms with Crippen molar-refractivity contribution in [3.8, 4) is 0 Å². The van der Waals surface area contributed by atoms with E-state index in [0.29, 0.717) is 11.6 Å². The van der Waals surface area contributed by atoms with E-state index in [1.54, 1.807) is 16.8 Å². The summed E-state index contributed by atoms with van der Waals surface area (Å²) in [4.78, 5) is 11.3. The fourth-order valence-electron chi connectivity index (χ4n) is 3.08. The van der Waals surface area contributed by atoms with Crippen LogP contribution in [0, 0.1) is 5.41 Å². The summed E-state index contributed by atoms with van der Waals surface area (Å²) in [6, 6.07) is 1.66. The summed E-state index contributed by atoms with van der Waals surface area (Å²) in [6.45, 7) is 7.34. The number of hydrogen-bond donors (Lipinski definition) is 1. The number of carboxylic acid groups (broad SMARTS) is 1. The molecule has 1 rings (SSSR count). The summed E-state index contributed by atoms with van der Waals surface area (Å²) in [5.74, 6) is -0.956. The van der Waals surface area contributed by atoms with Gasteiger partial charge in [0, 0.05) is 12.7 Å². The van der Waals surface area contributed by atoms with Gasteiger partial charge in [0.15, 0.2) is 0 Å². The average Bonchev–Trinajstić information content (AvgIpc) is 2.82. The molecular weight excluding hydrogens is 310 g/mol. The highest BCUT2D eigenvalue weighted by atomic mass is 35.5. The molecule has 0 saturated carbocycles. The molecule has 1 N–H and O–H groups in total. The van der Waals surface area contributed by atoms with E-state index in [1.165, 1.54) is 51.4 Å². The van der Waals surface area contributed by atoms with E-state index in [4.69, 9.17) is 11.6 Å². The predicted octanol–water partition coefficient (Wildman–Crippen LogP) is 6.40. The molecule has 0 aliphatic heterocycles. The summed E-state index contributed by atoms with van der Waals surface area (Å²) in [7, 11) is 0. The second kappa shape index (κ2) is 10.0. The smallest absolute Gasteiger partial charge is 0.354 e. The van der Waals surface area contributed by atoms with Crippen LogP contribution in [0.1, 0.15) is 89.0 Å². The molecule has 0 bridgehead atoms. The zero-order chi connectivity index (χ0) is 17.3. The number of carbonyl (C=O) groups is 1. The van der Waals surface area contributed by atoms with Crippen molar-refractivity contribution in [3.05, 3.63) is 23.0 Å². The predicted molar refractivity (Wildman–Crippen MR) is 97.4 cm³/mol. The van der Waals surface area contributed by atoms with E-state index in [-0.39, 0.29) is 11.1 Å². The van der Waals surface area contributed by atoms with Gasteiger partial charge in [-0.1, -0.05) is 83.7 Å². The van der Waals surface area contributed by atoms with Gasteiger partial charge in [-0.15, -0.1) is 0 Å². The molecule has 0 aliphatic rings. The lowest BCUT2D eigenvalue weighted by Gasteiger charge is -2.26. The van der Waals surface area contributed by atoms with Gasteiger partial charge in [0.05, 0.1) is 5.02 Å². The topological polar surface area (TPSA) is 42.2 Å². The van der Waals surface area contributed by atoms with Crippen molar-refractivity contribution in [1.82, 2.24) is 4.57 Å². The zero-order valence-electron chi connectivity index (χ0n) is 14.9. The molecule has 0 radical (unpaired) electrons. The highest BCUT2D eigenvalue weighted by Crippen LogP contribution is 2.29. The first kappa shape index (κ1) is 20.1. The summed E-state index contributed by atoms with van der Waals surface area (Å²) < 4.78 is 1.77. The molecule has 1 aromatic heterocycles. The first-order chi connectivity index (χ1) is 10.9. The van der Waals surface area contributed by atoms with Crippen LogP contribution in [-0.4, -0.2) is 15.6 Å². The molecule has 0 atom stereocenters. The van der Waals surface area contributed by atoms with E-state index in [2.05, 4.69) is 20.8 Å². The van der Waals surface area contributed by atoms with Crippen LogP contribution in [0.3, 0.4) is 0 Å². The molecule has 0 aromatic carbocycles. The van der Waals surface area contributed by atoms with E-state index in [1.807, 2.05) is 0 Å². The van der Waals surface area contributed by atoms with Gasteiger partial charge in [-0.3, -0.25) is 0 Å². The van der Waals surface area contributed by atoms with Crippen molar-refractivity contribution in [1.29, 1.82) is 0 Å². The van der Waals surface area contributed by atoms with E-state index in [0.717, 1.165) is 6.42 Å². The Bertz CT molecular complexity index is 480. The van der Waals surface area contributed by atoms with Gasteiger partial charge >= 0.3 is 5.97 Å². The van der Waals surface area contributed by atoms with Crippen LogP contribution < -0.4 is 0 Å². The Morgan fingerprint density at radius 1 is 1.13 bits per heavy atom. The molecule has 4 heteroatoms. The second-order valence-corrected chi connectivity index (χ2v) is 7.74. The molecule has 3 nitrogen and oxygen atoms in total. The van der Waals surface area contributed by atoms with Crippen LogP contribution in [0.2, 0.25) is 5.02 Å². The molecule has 0 fully saturated rings. The van der Waals surface area contributed by atoms with Crippen LogP contribution in [0.5, 0.6) is 0 Å². The van der Waals surface area contributed by atoms with Crippen LogP contribution in [-0.2, 0) is 6.54 Å². The Kier molecular flexibility index (Phi) is 8.75. The van der Waals surface area contributed by atoms with Crippen molar-refractivity contribution >= 4 is 17.6 Å². The molecule has 1 heterocycles. The SMILES string of the molecule is CCCCCCCCCCC(C)(C)Cn1ccc(Cl)c1C(=O)O. The Morgan fingerprint density at radius 3 is 2.26 bits per heavy atom. The monoisotopic (exact) mass is 341 g/mol. The maximum atomic E-state index is 11.3. The van der Waals surface area contributed by atoms with Gasteiger partial charge in [0.2, 0.25) is 0 Å². The minimum Gasteiger partial charge on any atom is -0.477 e. The largest absolute Gasteiger partial charge is 0.477 e. The van der Waals surface area contributed by atoms with Crippen molar-refractivity contribution in [2.24, 2.45) is 5.41 Å². The molecule has 0 saturated heterocycles. The first-order valence-electron chi connectivity index (χ1n) is 8.95. The first-order valence-corrected chi connectivity index (χ1v) is 9.33. The fraction of sp³-hybridized carbons (Fsp3) is 0.737. The third-order valence-electron chi connectivity index (χ3n) is 4.42. The molecule has 0 spiro atoms. The van der Waals surface area contributed by atoms with E-state index in [9.17, 15) is 9.90 Å². The third kappa shape index (κ3) is 7.43. The highest BCUT2D eigenvalue weighted by Gasteiger charge is 2.22. The normalized spacial score (nSPS) is 11.8. The molecule has 23 heavy (non-hydrogen) atoms. The highest BCUT2D eigenvalue weighted by molar-refractivity contribution is 6.33. The van der Waals surface area contributed by atoms with Gasteiger partial charge < -0.3 is 9.67 Å². The van der Waals surface area contributed by atoms with Gasteiger partial charge in [-0.25, -0.2) is 4.79 Å². The van der Waals surface area contributed by atoms with Crippen molar-refractivity contribution in [3.63, 3.8) is 0 Å². The molecule has 1 aromatic rings. The van der Waals surface area contributed by atoms with Gasteiger partial charge in [-0.05, 0) is 17.9 Å². The molecule has 0 unspecified atom stereocenters.